The van der Waals surface area contributed by atoms with E-state index in [1.165, 1.54) is 12.8 Å². The Hall–Kier alpha value is -2.24. The molecule has 0 saturated heterocycles. The molecule has 0 amide bonds. The molecule has 0 aliphatic rings. The van der Waals surface area contributed by atoms with E-state index in [9.17, 15) is 5.11 Å². The third-order valence-electron chi connectivity index (χ3n) is 4.44. The summed E-state index contributed by atoms with van der Waals surface area (Å²) >= 11 is 0. The Balaban J connectivity index is 1.67. The standard InChI is InChI=1S/C23H33N3O2/c1-18(2)8-7-9-19(3)24-16-22(27)17-28-23-14-12-21(13-15-23)26-25-20-10-5-4-6-11-20/h4-6,10-15,18-19,22,24,27H,7-9,16-17H2,1-3H3/b26-25+. The van der Waals surface area contributed by atoms with Crippen molar-refractivity contribution in [2.75, 3.05) is 13.2 Å². The second-order valence-corrected chi connectivity index (χ2v) is 7.63. The SMILES string of the molecule is CC(C)CCCC(C)NCC(O)COc1ccc(/N=N/c2ccccc2)cc1. The van der Waals surface area contributed by atoms with Gasteiger partial charge in [0.05, 0.1) is 11.4 Å². The number of nitrogens with one attached hydrogen (secondary N) is 1. The van der Waals surface area contributed by atoms with E-state index >= 15 is 0 Å². The number of aliphatic hydroxyl groups is 1. The molecule has 2 unspecified atom stereocenters. The number of benzene rings is 2. The number of hydrogen-bond donors (Lipinski definition) is 2. The summed E-state index contributed by atoms with van der Waals surface area (Å²) in [6, 6.07) is 17.4. The zero-order valence-electron chi connectivity index (χ0n) is 17.2. The Morgan fingerprint density at radius 2 is 1.54 bits per heavy atom. The molecule has 2 rings (SSSR count). The van der Waals surface area contributed by atoms with Crippen molar-refractivity contribution in [3.63, 3.8) is 0 Å². The molecule has 0 spiro atoms. The number of hydrogen-bond acceptors (Lipinski definition) is 5. The van der Waals surface area contributed by atoms with Crippen LogP contribution in [0.3, 0.4) is 0 Å². The lowest BCUT2D eigenvalue weighted by molar-refractivity contribution is 0.104. The lowest BCUT2D eigenvalue weighted by atomic mass is 10.0. The van der Waals surface area contributed by atoms with Gasteiger partial charge >= 0.3 is 0 Å². The molecule has 0 aliphatic carbocycles. The first-order valence-corrected chi connectivity index (χ1v) is 10.1. The van der Waals surface area contributed by atoms with Crippen LogP contribution in [0.2, 0.25) is 0 Å². The van der Waals surface area contributed by atoms with Gasteiger partial charge in [-0.3, -0.25) is 0 Å². The topological polar surface area (TPSA) is 66.2 Å². The van der Waals surface area contributed by atoms with E-state index in [1.807, 2.05) is 54.6 Å². The zero-order valence-corrected chi connectivity index (χ0v) is 17.2. The van der Waals surface area contributed by atoms with E-state index in [0.717, 1.165) is 23.7 Å². The summed E-state index contributed by atoms with van der Waals surface area (Å²) in [7, 11) is 0. The fourth-order valence-corrected chi connectivity index (χ4v) is 2.74. The maximum atomic E-state index is 10.1. The van der Waals surface area contributed by atoms with Crippen LogP contribution in [-0.4, -0.2) is 30.4 Å². The molecule has 0 fully saturated rings. The van der Waals surface area contributed by atoms with Gasteiger partial charge in [-0.25, -0.2) is 0 Å². The van der Waals surface area contributed by atoms with Gasteiger partial charge in [0, 0.05) is 12.6 Å². The second kappa shape index (κ2) is 12.3. The fraction of sp³-hybridized carbons (Fsp3) is 0.478. The average molecular weight is 384 g/mol. The van der Waals surface area contributed by atoms with Crippen LogP contribution in [0, 0.1) is 5.92 Å². The minimum atomic E-state index is -0.537. The maximum Gasteiger partial charge on any atom is 0.119 e. The van der Waals surface area contributed by atoms with Crippen molar-refractivity contribution in [2.45, 2.75) is 52.2 Å². The average Bonchev–Trinajstić information content (AvgIpc) is 2.70. The van der Waals surface area contributed by atoms with Crippen molar-refractivity contribution in [2.24, 2.45) is 16.1 Å². The summed E-state index contributed by atoms with van der Waals surface area (Å²) in [5.41, 5.74) is 1.57. The van der Waals surface area contributed by atoms with Crippen LogP contribution in [0.4, 0.5) is 11.4 Å². The van der Waals surface area contributed by atoms with Gasteiger partial charge < -0.3 is 15.2 Å². The zero-order chi connectivity index (χ0) is 20.2. The number of azo groups is 1. The number of rotatable bonds is 12. The van der Waals surface area contributed by atoms with Crippen LogP contribution in [0.5, 0.6) is 5.75 Å². The highest BCUT2D eigenvalue weighted by molar-refractivity contribution is 5.42. The molecule has 5 nitrogen and oxygen atoms in total. The van der Waals surface area contributed by atoms with Crippen LogP contribution in [0.25, 0.3) is 0 Å². The van der Waals surface area contributed by atoms with Gasteiger partial charge in [0.15, 0.2) is 0 Å². The normalized spacial score (nSPS) is 13.8. The predicted molar refractivity (Wildman–Crippen MR) is 115 cm³/mol. The molecule has 0 radical (unpaired) electrons. The first kappa shape index (κ1) is 22.1. The van der Waals surface area contributed by atoms with Gasteiger partial charge in [-0.15, -0.1) is 0 Å². The van der Waals surface area contributed by atoms with Crippen molar-refractivity contribution in [1.82, 2.24) is 5.32 Å². The number of aliphatic hydroxyl groups excluding tert-OH is 1. The van der Waals surface area contributed by atoms with Crippen LogP contribution < -0.4 is 10.1 Å². The highest BCUT2D eigenvalue weighted by atomic mass is 16.5. The first-order chi connectivity index (χ1) is 13.5. The van der Waals surface area contributed by atoms with Gasteiger partial charge in [0.25, 0.3) is 0 Å². The summed E-state index contributed by atoms with van der Waals surface area (Å²) < 4.78 is 5.67. The quantitative estimate of drug-likeness (QED) is 0.466. The van der Waals surface area contributed by atoms with Gasteiger partial charge in [-0.05, 0) is 55.7 Å². The number of ether oxygens (including phenoxy) is 1. The lowest BCUT2D eigenvalue weighted by Crippen LogP contribution is -2.36. The Morgan fingerprint density at radius 1 is 0.893 bits per heavy atom. The molecule has 0 aliphatic heterocycles. The summed E-state index contributed by atoms with van der Waals surface area (Å²) in [6.45, 7) is 7.45. The highest BCUT2D eigenvalue weighted by Gasteiger charge is 2.08. The highest BCUT2D eigenvalue weighted by Crippen LogP contribution is 2.21. The summed E-state index contributed by atoms with van der Waals surface area (Å²) in [5, 5.41) is 21.9. The van der Waals surface area contributed by atoms with Crippen LogP contribution in [0.1, 0.15) is 40.0 Å². The Morgan fingerprint density at radius 3 is 2.18 bits per heavy atom. The Kier molecular flexibility index (Phi) is 9.66. The van der Waals surface area contributed by atoms with Crippen molar-refractivity contribution >= 4 is 11.4 Å². The molecule has 0 bridgehead atoms. The third kappa shape index (κ3) is 9.11. The summed E-state index contributed by atoms with van der Waals surface area (Å²) in [6.07, 6.45) is 3.06. The van der Waals surface area contributed by atoms with Gasteiger partial charge in [0.1, 0.15) is 18.5 Å². The van der Waals surface area contributed by atoms with Crippen molar-refractivity contribution in [3.8, 4) is 5.75 Å². The minimum absolute atomic E-state index is 0.261. The van der Waals surface area contributed by atoms with E-state index < -0.39 is 6.10 Å². The van der Waals surface area contributed by atoms with E-state index in [1.54, 1.807) is 0 Å². The molecule has 2 aromatic carbocycles. The Labute approximate surface area is 168 Å². The largest absolute Gasteiger partial charge is 0.491 e. The van der Waals surface area contributed by atoms with Gasteiger partial charge in [0.2, 0.25) is 0 Å². The van der Waals surface area contributed by atoms with Crippen LogP contribution >= 0.6 is 0 Å². The van der Waals surface area contributed by atoms with Gasteiger partial charge in [-0.1, -0.05) is 44.9 Å². The number of nitrogens with zero attached hydrogens (tertiary/aromatic N) is 2. The van der Waals surface area contributed by atoms with Crippen LogP contribution in [0.15, 0.2) is 64.8 Å². The molecule has 0 aromatic heterocycles. The Bertz CT molecular complexity index is 687. The molecule has 152 valence electrons. The molecule has 0 saturated carbocycles. The minimum Gasteiger partial charge on any atom is -0.491 e. The van der Waals surface area contributed by atoms with E-state index in [0.29, 0.717) is 18.3 Å². The smallest absolute Gasteiger partial charge is 0.119 e. The summed E-state index contributed by atoms with van der Waals surface area (Å²) in [4.78, 5) is 0. The van der Waals surface area contributed by atoms with E-state index in [2.05, 4.69) is 36.3 Å². The third-order valence-corrected chi connectivity index (χ3v) is 4.44. The second-order valence-electron chi connectivity index (χ2n) is 7.63. The molecule has 2 atom stereocenters. The maximum absolute atomic E-state index is 10.1. The molecular weight excluding hydrogens is 350 g/mol. The molecule has 28 heavy (non-hydrogen) atoms. The van der Waals surface area contributed by atoms with Gasteiger partial charge in [-0.2, -0.15) is 10.2 Å². The molecular formula is C23H33N3O2. The molecule has 2 N–H and O–H groups in total. The lowest BCUT2D eigenvalue weighted by Gasteiger charge is -2.18. The molecule has 0 heterocycles. The van der Waals surface area contributed by atoms with E-state index in [-0.39, 0.29) is 6.61 Å². The van der Waals surface area contributed by atoms with E-state index in [4.69, 9.17) is 4.74 Å². The monoisotopic (exact) mass is 383 g/mol. The molecule has 5 heteroatoms. The van der Waals surface area contributed by atoms with Crippen molar-refractivity contribution in [3.05, 3.63) is 54.6 Å². The van der Waals surface area contributed by atoms with Crippen LogP contribution in [-0.2, 0) is 0 Å². The first-order valence-electron chi connectivity index (χ1n) is 10.1. The molecule has 2 aromatic rings. The van der Waals surface area contributed by atoms with Crippen molar-refractivity contribution < 1.29 is 9.84 Å². The predicted octanol–water partition coefficient (Wildman–Crippen LogP) is 5.65. The van der Waals surface area contributed by atoms with Crippen molar-refractivity contribution in [1.29, 1.82) is 0 Å². The summed E-state index contributed by atoms with van der Waals surface area (Å²) in [5.74, 6) is 1.46. The fourth-order valence-electron chi connectivity index (χ4n) is 2.74.